The lowest BCUT2D eigenvalue weighted by atomic mass is 9.92. The molecule has 0 aliphatic carbocycles. The van der Waals surface area contributed by atoms with Crippen molar-refractivity contribution in [2.45, 2.75) is 82.8 Å². The maximum Gasteiger partial charge on any atom is 0.303 e. The second kappa shape index (κ2) is 18.4. The first-order valence-corrected chi connectivity index (χ1v) is 16.3. The molecule has 0 N–H and O–H groups in total. The molecule has 2 aliphatic rings. The van der Waals surface area contributed by atoms with Crippen LogP contribution in [-0.4, -0.2) is 67.9 Å². The predicted molar refractivity (Wildman–Crippen MR) is 179 cm³/mol. The van der Waals surface area contributed by atoms with Gasteiger partial charge in [-0.25, -0.2) is 0 Å². The lowest BCUT2D eigenvalue weighted by Gasteiger charge is -2.46. The van der Waals surface area contributed by atoms with Crippen LogP contribution in [-0.2, 0) is 62.6 Å². The number of rotatable bonds is 15. The van der Waals surface area contributed by atoms with Crippen molar-refractivity contribution in [3.63, 3.8) is 0 Å². The van der Waals surface area contributed by atoms with E-state index in [2.05, 4.69) is 0 Å². The van der Waals surface area contributed by atoms with Gasteiger partial charge in [-0.15, -0.1) is 0 Å². The van der Waals surface area contributed by atoms with E-state index in [-0.39, 0.29) is 12.7 Å². The summed E-state index contributed by atoms with van der Waals surface area (Å²) in [5, 5.41) is 0. The second-order valence-electron chi connectivity index (χ2n) is 11.8. The van der Waals surface area contributed by atoms with E-state index in [0.29, 0.717) is 32.8 Å². The fraction of sp³-hybridized carbons (Fsp3) is 0.385. The van der Waals surface area contributed by atoms with Gasteiger partial charge in [0, 0.05) is 13.8 Å². The quantitative estimate of drug-likeness (QED) is 0.146. The zero-order valence-corrected chi connectivity index (χ0v) is 27.4. The standard InChI is InChI=1S/C39H44O9/c1-28(40)43-26-34(46-29(2)41)22-21-33-19-12-20-35-38(47-33)39(45-25-32-17-10-5-11-18-32)37(44-24-31-15-8-4-9-16-31)36(48-35)27-42-23-30-13-6-3-7-14-30/h3-19,21-22,33-39H,20,23-27H2,1-2H3/b22-21+/t33-,34+,35+,36-,37-,38+,39+/m1/s1. The Bertz CT molecular complexity index is 1460. The fourth-order valence-corrected chi connectivity index (χ4v) is 5.73. The molecule has 2 aliphatic heterocycles. The summed E-state index contributed by atoms with van der Waals surface area (Å²) >= 11 is 0. The molecule has 0 aromatic heterocycles. The van der Waals surface area contributed by atoms with Crippen LogP contribution in [0.4, 0.5) is 0 Å². The average Bonchev–Trinajstić information content (AvgIpc) is 3.30. The van der Waals surface area contributed by atoms with E-state index >= 15 is 0 Å². The Morgan fingerprint density at radius 1 is 0.771 bits per heavy atom. The van der Waals surface area contributed by atoms with Crippen LogP contribution in [0.5, 0.6) is 0 Å². The lowest BCUT2D eigenvalue weighted by molar-refractivity contribution is -0.270. The van der Waals surface area contributed by atoms with Gasteiger partial charge < -0.3 is 33.2 Å². The molecule has 7 atom stereocenters. The molecule has 2 heterocycles. The summed E-state index contributed by atoms with van der Waals surface area (Å²) in [7, 11) is 0. The summed E-state index contributed by atoms with van der Waals surface area (Å²) in [5.41, 5.74) is 3.12. The number of carbonyl (C=O) groups excluding carboxylic acids is 2. The SMILES string of the molecule is CC(=O)OC[C@H](/C=C/[C@H]1C=CC[C@@H]2O[C@H](COCc3ccccc3)[C@@H](OCc3ccccc3)[C@H](OCc3ccccc3)[C@H]2O1)OC(C)=O. The van der Waals surface area contributed by atoms with Gasteiger partial charge in [-0.3, -0.25) is 9.59 Å². The molecule has 1 fully saturated rings. The molecule has 0 unspecified atom stereocenters. The maximum atomic E-state index is 11.7. The van der Waals surface area contributed by atoms with E-state index in [0.717, 1.165) is 16.7 Å². The summed E-state index contributed by atoms with van der Waals surface area (Å²) in [6.45, 7) is 3.97. The summed E-state index contributed by atoms with van der Waals surface area (Å²) in [6.07, 6.45) is 4.43. The van der Waals surface area contributed by atoms with Gasteiger partial charge in [0.1, 0.15) is 31.0 Å². The normalized spacial score (nSPS) is 24.4. The molecule has 9 nitrogen and oxygen atoms in total. The summed E-state index contributed by atoms with van der Waals surface area (Å²) in [5.74, 6) is -0.946. The van der Waals surface area contributed by atoms with Gasteiger partial charge in [-0.2, -0.15) is 0 Å². The third-order valence-electron chi connectivity index (χ3n) is 7.99. The number of ether oxygens (including phenoxy) is 7. The van der Waals surface area contributed by atoms with Crippen LogP contribution in [0.25, 0.3) is 0 Å². The minimum Gasteiger partial charge on any atom is -0.462 e. The molecule has 0 bridgehead atoms. The van der Waals surface area contributed by atoms with Crippen LogP contribution in [0.2, 0.25) is 0 Å². The first kappa shape index (κ1) is 35.2. The molecule has 0 amide bonds. The fourth-order valence-electron chi connectivity index (χ4n) is 5.73. The van der Waals surface area contributed by atoms with Crippen molar-refractivity contribution in [3.8, 4) is 0 Å². The van der Waals surface area contributed by atoms with Crippen molar-refractivity contribution in [2.24, 2.45) is 0 Å². The number of fused-ring (bicyclic) bond motifs is 1. The summed E-state index contributed by atoms with van der Waals surface area (Å²) < 4.78 is 43.5. The van der Waals surface area contributed by atoms with Gasteiger partial charge in [-0.1, -0.05) is 109 Å². The first-order valence-electron chi connectivity index (χ1n) is 16.3. The van der Waals surface area contributed by atoms with Crippen molar-refractivity contribution in [2.75, 3.05) is 13.2 Å². The number of benzene rings is 3. The molecule has 1 saturated heterocycles. The first-order chi connectivity index (χ1) is 23.4. The van der Waals surface area contributed by atoms with Gasteiger partial charge in [0.2, 0.25) is 0 Å². The monoisotopic (exact) mass is 656 g/mol. The van der Waals surface area contributed by atoms with E-state index in [9.17, 15) is 9.59 Å². The highest BCUT2D eigenvalue weighted by molar-refractivity contribution is 5.67. The van der Waals surface area contributed by atoms with Crippen molar-refractivity contribution in [1.82, 2.24) is 0 Å². The molecule has 3 aromatic carbocycles. The summed E-state index contributed by atoms with van der Waals surface area (Å²) in [4.78, 5) is 23.1. The van der Waals surface area contributed by atoms with Crippen molar-refractivity contribution in [1.29, 1.82) is 0 Å². The molecule has 0 saturated carbocycles. The Balaban J connectivity index is 1.39. The highest BCUT2D eigenvalue weighted by atomic mass is 16.6. The van der Waals surface area contributed by atoms with E-state index in [1.165, 1.54) is 13.8 Å². The molecule has 0 radical (unpaired) electrons. The Hall–Kier alpha value is -4.12. The van der Waals surface area contributed by atoms with Crippen LogP contribution in [0.15, 0.2) is 115 Å². The molecule has 9 heteroatoms. The van der Waals surface area contributed by atoms with Crippen LogP contribution in [0, 0.1) is 0 Å². The largest absolute Gasteiger partial charge is 0.462 e. The molecule has 0 spiro atoms. The minimum absolute atomic E-state index is 0.0973. The smallest absolute Gasteiger partial charge is 0.303 e. The van der Waals surface area contributed by atoms with Gasteiger partial charge in [0.15, 0.2) is 6.10 Å². The number of esters is 2. The van der Waals surface area contributed by atoms with E-state index < -0.39 is 48.6 Å². The predicted octanol–water partition coefficient (Wildman–Crippen LogP) is 5.91. The van der Waals surface area contributed by atoms with E-state index in [1.807, 2.05) is 103 Å². The maximum absolute atomic E-state index is 11.7. The molecule has 254 valence electrons. The number of hydrogen-bond acceptors (Lipinski definition) is 9. The number of hydrogen-bond donors (Lipinski definition) is 0. The van der Waals surface area contributed by atoms with Crippen LogP contribution < -0.4 is 0 Å². The topological polar surface area (TPSA) is 98.8 Å². The third-order valence-corrected chi connectivity index (χ3v) is 7.99. The molecular weight excluding hydrogens is 612 g/mol. The highest BCUT2D eigenvalue weighted by Crippen LogP contribution is 2.34. The van der Waals surface area contributed by atoms with Gasteiger partial charge in [0.05, 0.1) is 38.6 Å². The highest BCUT2D eigenvalue weighted by Gasteiger charge is 2.49. The minimum atomic E-state index is -0.761. The molecular formula is C39H44O9. The second-order valence-corrected chi connectivity index (χ2v) is 11.8. The van der Waals surface area contributed by atoms with E-state index in [1.54, 1.807) is 12.2 Å². The van der Waals surface area contributed by atoms with Gasteiger partial charge >= 0.3 is 11.9 Å². The van der Waals surface area contributed by atoms with Gasteiger partial charge in [0.25, 0.3) is 0 Å². The zero-order chi connectivity index (χ0) is 33.6. The Morgan fingerprint density at radius 3 is 1.94 bits per heavy atom. The Labute approximate surface area is 282 Å². The van der Waals surface area contributed by atoms with Crippen LogP contribution >= 0.6 is 0 Å². The van der Waals surface area contributed by atoms with Gasteiger partial charge in [-0.05, 0) is 29.2 Å². The summed E-state index contributed by atoms with van der Waals surface area (Å²) in [6, 6.07) is 30.0. The molecule has 5 rings (SSSR count). The zero-order valence-electron chi connectivity index (χ0n) is 27.4. The lowest BCUT2D eigenvalue weighted by Crippen LogP contribution is -2.61. The molecule has 3 aromatic rings. The van der Waals surface area contributed by atoms with Crippen molar-refractivity contribution >= 4 is 11.9 Å². The molecule has 48 heavy (non-hydrogen) atoms. The van der Waals surface area contributed by atoms with Crippen molar-refractivity contribution < 1.29 is 42.7 Å². The number of carbonyl (C=O) groups is 2. The van der Waals surface area contributed by atoms with Crippen molar-refractivity contribution in [3.05, 3.63) is 132 Å². The third kappa shape index (κ3) is 11.0. The Morgan fingerprint density at radius 2 is 1.35 bits per heavy atom. The van der Waals surface area contributed by atoms with E-state index in [4.69, 9.17) is 33.2 Å². The Kier molecular flexibility index (Phi) is 13.5. The van der Waals surface area contributed by atoms with Crippen LogP contribution in [0.3, 0.4) is 0 Å². The van der Waals surface area contributed by atoms with Crippen LogP contribution in [0.1, 0.15) is 37.0 Å². The average molecular weight is 657 g/mol.